The molecule has 20 heavy (non-hydrogen) atoms. The average molecular weight is 277 g/mol. The second-order valence-electron chi connectivity index (χ2n) is 5.97. The minimum Gasteiger partial charge on any atom is -0.480 e. The molecule has 2 N–H and O–H groups in total. The lowest BCUT2D eigenvalue weighted by Crippen LogP contribution is -2.43. The number of hydrogen-bond acceptors (Lipinski definition) is 2. The van der Waals surface area contributed by atoms with Crippen molar-refractivity contribution in [1.82, 2.24) is 5.32 Å². The zero-order chi connectivity index (χ0) is 15.0. The summed E-state index contributed by atoms with van der Waals surface area (Å²) in [6, 6.07) is 9.51. The Hall–Kier alpha value is -1.35. The van der Waals surface area contributed by atoms with E-state index in [0.29, 0.717) is 12.3 Å². The molecular formula is C17H27NO2. The first kappa shape index (κ1) is 16.7. The molecule has 3 nitrogen and oxygen atoms in total. The molecule has 0 radical (unpaired) electrons. The monoisotopic (exact) mass is 277 g/mol. The fourth-order valence-corrected chi connectivity index (χ4v) is 2.33. The first-order valence-corrected chi connectivity index (χ1v) is 7.51. The maximum Gasteiger partial charge on any atom is 0.321 e. The van der Waals surface area contributed by atoms with E-state index in [1.807, 2.05) is 30.3 Å². The number of carboxylic acids is 1. The second kappa shape index (κ2) is 8.75. The van der Waals surface area contributed by atoms with Gasteiger partial charge in [-0.05, 0) is 31.2 Å². The van der Waals surface area contributed by atoms with Crippen molar-refractivity contribution in [3.05, 3.63) is 35.9 Å². The molecule has 0 aromatic heterocycles. The zero-order valence-electron chi connectivity index (χ0n) is 12.8. The molecule has 0 amide bonds. The fourth-order valence-electron chi connectivity index (χ4n) is 2.33. The third-order valence-electron chi connectivity index (χ3n) is 3.49. The Bertz CT molecular complexity index is 389. The van der Waals surface area contributed by atoms with Crippen LogP contribution in [0.15, 0.2) is 30.3 Å². The largest absolute Gasteiger partial charge is 0.480 e. The lowest BCUT2D eigenvalue weighted by molar-refractivity contribution is -0.139. The van der Waals surface area contributed by atoms with E-state index in [2.05, 4.69) is 26.1 Å². The van der Waals surface area contributed by atoms with Crippen LogP contribution in [0.5, 0.6) is 0 Å². The third-order valence-corrected chi connectivity index (χ3v) is 3.49. The van der Waals surface area contributed by atoms with Crippen molar-refractivity contribution in [2.24, 2.45) is 5.92 Å². The highest BCUT2D eigenvalue weighted by Crippen LogP contribution is 2.10. The smallest absolute Gasteiger partial charge is 0.321 e. The molecule has 0 aliphatic heterocycles. The molecule has 1 aromatic carbocycles. The van der Waals surface area contributed by atoms with Crippen molar-refractivity contribution in [3.63, 3.8) is 0 Å². The maximum absolute atomic E-state index is 11.4. The predicted octanol–water partition coefficient (Wildman–Crippen LogP) is 3.49. The topological polar surface area (TPSA) is 49.3 Å². The number of rotatable bonds is 9. The highest BCUT2D eigenvalue weighted by Gasteiger charge is 2.19. The number of aliphatic carboxylic acids is 1. The van der Waals surface area contributed by atoms with E-state index in [-0.39, 0.29) is 6.04 Å². The molecule has 112 valence electrons. The minimum absolute atomic E-state index is 0.235. The molecule has 2 atom stereocenters. The Kier molecular flexibility index (Phi) is 7.31. The van der Waals surface area contributed by atoms with Crippen molar-refractivity contribution in [2.75, 3.05) is 0 Å². The van der Waals surface area contributed by atoms with Crippen molar-refractivity contribution in [1.29, 1.82) is 0 Å². The fraction of sp³-hybridized carbons (Fsp3) is 0.588. The molecule has 0 spiro atoms. The number of carboxylic acid groups (broad SMARTS) is 1. The predicted molar refractivity (Wildman–Crippen MR) is 82.9 cm³/mol. The molecule has 0 saturated carbocycles. The Balaban J connectivity index is 2.44. The van der Waals surface area contributed by atoms with Gasteiger partial charge in [-0.2, -0.15) is 0 Å². The second-order valence-corrected chi connectivity index (χ2v) is 5.97. The summed E-state index contributed by atoms with van der Waals surface area (Å²) in [4.78, 5) is 11.4. The molecule has 0 bridgehead atoms. The van der Waals surface area contributed by atoms with Gasteiger partial charge in [0.05, 0.1) is 0 Å². The summed E-state index contributed by atoms with van der Waals surface area (Å²) in [7, 11) is 0. The van der Waals surface area contributed by atoms with E-state index in [9.17, 15) is 9.90 Å². The van der Waals surface area contributed by atoms with Gasteiger partial charge in [-0.3, -0.25) is 4.79 Å². The quantitative estimate of drug-likeness (QED) is 0.726. The van der Waals surface area contributed by atoms with Crippen LogP contribution in [0, 0.1) is 5.92 Å². The van der Waals surface area contributed by atoms with Crippen molar-refractivity contribution >= 4 is 5.97 Å². The Morgan fingerprint density at radius 1 is 1.15 bits per heavy atom. The SMILES string of the molecule is CC(C)CCCC(C)N[C@H](Cc1ccccc1)C(=O)O. The standard InChI is InChI=1S/C17H27NO2/c1-13(2)8-7-9-14(3)18-16(17(19)20)12-15-10-5-4-6-11-15/h4-6,10-11,13-14,16,18H,7-9,12H2,1-3H3,(H,19,20)/t14?,16-/m1/s1. The molecule has 0 saturated heterocycles. The highest BCUT2D eigenvalue weighted by atomic mass is 16.4. The van der Waals surface area contributed by atoms with Crippen LogP contribution in [0.3, 0.4) is 0 Å². The van der Waals surface area contributed by atoms with E-state index in [4.69, 9.17) is 0 Å². The molecule has 0 heterocycles. The summed E-state index contributed by atoms with van der Waals surface area (Å²) in [5.74, 6) is -0.0636. The van der Waals surface area contributed by atoms with E-state index >= 15 is 0 Å². The molecule has 1 rings (SSSR count). The molecule has 0 aliphatic rings. The van der Waals surface area contributed by atoms with Crippen LogP contribution < -0.4 is 5.32 Å². The molecule has 1 aromatic rings. The highest BCUT2D eigenvalue weighted by molar-refractivity contribution is 5.74. The molecule has 3 heteroatoms. The summed E-state index contributed by atoms with van der Waals surface area (Å²) in [6.07, 6.45) is 3.90. The van der Waals surface area contributed by atoms with Gasteiger partial charge < -0.3 is 10.4 Å². The summed E-state index contributed by atoms with van der Waals surface area (Å²) in [5.41, 5.74) is 1.06. The summed E-state index contributed by atoms with van der Waals surface area (Å²) in [6.45, 7) is 6.50. The number of carbonyl (C=O) groups is 1. The first-order valence-electron chi connectivity index (χ1n) is 7.51. The molecule has 0 fully saturated rings. The van der Waals surface area contributed by atoms with Crippen LogP contribution in [0.1, 0.15) is 45.6 Å². The first-order chi connectivity index (χ1) is 9.49. The van der Waals surface area contributed by atoms with E-state index < -0.39 is 12.0 Å². The maximum atomic E-state index is 11.4. The Labute approximate surface area is 122 Å². The van der Waals surface area contributed by atoms with Gasteiger partial charge >= 0.3 is 5.97 Å². The van der Waals surface area contributed by atoms with E-state index in [0.717, 1.165) is 18.4 Å². The van der Waals surface area contributed by atoms with Crippen LogP contribution in [-0.2, 0) is 11.2 Å². The van der Waals surface area contributed by atoms with Gasteiger partial charge in [-0.15, -0.1) is 0 Å². The average Bonchev–Trinajstić information content (AvgIpc) is 2.38. The molecular weight excluding hydrogens is 250 g/mol. The lowest BCUT2D eigenvalue weighted by atomic mass is 10.0. The minimum atomic E-state index is -0.774. The van der Waals surface area contributed by atoms with Crippen LogP contribution in [0.25, 0.3) is 0 Å². The molecule has 1 unspecified atom stereocenters. The van der Waals surface area contributed by atoms with Crippen molar-refractivity contribution in [2.45, 2.75) is 58.5 Å². The normalized spacial score (nSPS) is 14.2. The number of benzene rings is 1. The zero-order valence-corrected chi connectivity index (χ0v) is 12.8. The Morgan fingerprint density at radius 2 is 1.80 bits per heavy atom. The van der Waals surface area contributed by atoms with Gasteiger partial charge in [0.2, 0.25) is 0 Å². The Morgan fingerprint density at radius 3 is 2.35 bits per heavy atom. The summed E-state index contributed by atoms with van der Waals surface area (Å²) in [5, 5.41) is 12.6. The van der Waals surface area contributed by atoms with Gasteiger partial charge in [0.25, 0.3) is 0 Å². The molecule has 0 aliphatic carbocycles. The van der Waals surface area contributed by atoms with Crippen LogP contribution in [0.4, 0.5) is 0 Å². The van der Waals surface area contributed by atoms with E-state index in [1.165, 1.54) is 6.42 Å². The van der Waals surface area contributed by atoms with Crippen LogP contribution >= 0.6 is 0 Å². The van der Waals surface area contributed by atoms with Gasteiger partial charge in [-0.1, -0.05) is 57.0 Å². The summed E-state index contributed by atoms with van der Waals surface area (Å²) >= 11 is 0. The number of nitrogens with one attached hydrogen (secondary N) is 1. The summed E-state index contributed by atoms with van der Waals surface area (Å²) < 4.78 is 0. The van der Waals surface area contributed by atoms with Gasteiger partial charge in [0.15, 0.2) is 0 Å². The van der Waals surface area contributed by atoms with Crippen molar-refractivity contribution in [3.8, 4) is 0 Å². The van der Waals surface area contributed by atoms with Gasteiger partial charge in [-0.25, -0.2) is 0 Å². The van der Waals surface area contributed by atoms with Crippen LogP contribution in [-0.4, -0.2) is 23.2 Å². The van der Waals surface area contributed by atoms with Gasteiger partial charge in [0.1, 0.15) is 6.04 Å². The van der Waals surface area contributed by atoms with Crippen molar-refractivity contribution < 1.29 is 9.90 Å². The van der Waals surface area contributed by atoms with E-state index in [1.54, 1.807) is 0 Å². The third kappa shape index (κ3) is 6.71. The lowest BCUT2D eigenvalue weighted by Gasteiger charge is -2.20. The number of hydrogen-bond donors (Lipinski definition) is 2. The van der Waals surface area contributed by atoms with Gasteiger partial charge in [0, 0.05) is 6.04 Å². The van der Waals surface area contributed by atoms with Crippen LogP contribution in [0.2, 0.25) is 0 Å².